The molecule has 1 rings (SSSR count). The molecule has 0 spiro atoms. The van der Waals surface area contributed by atoms with Crippen LogP contribution in [0.25, 0.3) is 0 Å². The number of carbonyl (C=O) groups is 1. The number of aryl methyl sites for hydroxylation is 1. The normalized spacial score (nSPS) is 13.2. The monoisotopic (exact) mass is 307 g/mol. The number of aromatic nitrogens is 2. The van der Waals surface area contributed by atoms with Gasteiger partial charge in [-0.15, -0.1) is 0 Å². The highest BCUT2D eigenvalue weighted by molar-refractivity contribution is 5.78. The molecule has 0 aliphatic rings. The molecule has 1 heterocycles. The summed E-state index contributed by atoms with van der Waals surface area (Å²) >= 11 is 0. The predicted molar refractivity (Wildman–Crippen MR) is 70.6 cm³/mol. The van der Waals surface area contributed by atoms with Crippen LogP contribution >= 0.6 is 0 Å². The lowest BCUT2D eigenvalue weighted by Gasteiger charge is -2.13. The zero-order valence-electron chi connectivity index (χ0n) is 12.3. The second kappa shape index (κ2) is 7.44. The van der Waals surface area contributed by atoms with Crippen molar-refractivity contribution in [3.8, 4) is 0 Å². The number of nitrogens with zero attached hydrogens (tertiary/aromatic N) is 2. The van der Waals surface area contributed by atoms with Crippen LogP contribution in [0.3, 0.4) is 0 Å². The minimum absolute atomic E-state index is 0.109. The summed E-state index contributed by atoms with van der Waals surface area (Å²) in [5.74, 6) is -0.679. The quantitative estimate of drug-likeness (QED) is 0.784. The van der Waals surface area contributed by atoms with E-state index in [-0.39, 0.29) is 12.5 Å². The van der Waals surface area contributed by atoms with E-state index in [9.17, 15) is 18.0 Å². The molecule has 120 valence electrons. The standard InChI is InChI=1S/C13H20F3N3O2/c1-9(12(20)17-5-4-6-21-3)8-19-10(2)7-11(18-19)13(14,15)16/h7,9H,4-6,8H2,1-3H3,(H,17,20). The Balaban J connectivity index is 2.56. The molecule has 0 radical (unpaired) electrons. The van der Waals surface area contributed by atoms with E-state index in [2.05, 4.69) is 10.4 Å². The lowest BCUT2D eigenvalue weighted by Crippen LogP contribution is -2.33. The number of carbonyl (C=O) groups excluding carboxylic acids is 1. The van der Waals surface area contributed by atoms with Crippen LogP contribution in [0.15, 0.2) is 6.07 Å². The summed E-state index contributed by atoms with van der Waals surface area (Å²) in [4.78, 5) is 11.8. The van der Waals surface area contributed by atoms with Crippen LogP contribution in [0.1, 0.15) is 24.7 Å². The smallest absolute Gasteiger partial charge is 0.385 e. The molecule has 0 aliphatic carbocycles. The van der Waals surface area contributed by atoms with E-state index in [1.165, 1.54) is 11.6 Å². The predicted octanol–water partition coefficient (Wildman–Crippen LogP) is 2.00. The van der Waals surface area contributed by atoms with Crippen molar-refractivity contribution in [2.24, 2.45) is 5.92 Å². The maximum atomic E-state index is 12.5. The number of amides is 1. The molecule has 1 aromatic rings. The van der Waals surface area contributed by atoms with Crippen LogP contribution in [0.4, 0.5) is 13.2 Å². The van der Waals surface area contributed by atoms with E-state index < -0.39 is 17.8 Å². The maximum absolute atomic E-state index is 12.5. The van der Waals surface area contributed by atoms with Crippen LogP contribution in [-0.4, -0.2) is 35.9 Å². The van der Waals surface area contributed by atoms with Crippen LogP contribution in [0.2, 0.25) is 0 Å². The number of methoxy groups -OCH3 is 1. The summed E-state index contributed by atoms with van der Waals surface area (Å²) in [6.45, 7) is 4.31. The van der Waals surface area contributed by atoms with E-state index in [0.29, 0.717) is 25.3 Å². The van der Waals surface area contributed by atoms with Gasteiger partial charge in [-0.25, -0.2) is 0 Å². The number of ether oxygens (including phenoxy) is 1. The van der Waals surface area contributed by atoms with Gasteiger partial charge in [0, 0.05) is 26.0 Å². The third-order valence-corrected chi connectivity index (χ3v) is 2.99. The van der Waals surface area contributed by atoms with E-state index >= 15 is 0 Å². The molecule has 0 saturated carbocycles. The maximum Gasteiger partial charge on any atom is 0.435 e. The second-order valence-corrected chi connectivity index (χ2v) is 4.89. The average Bonchev–Trinajstić information content (AvgIpc) is 2.76. The van der Waals surface area contributed by atoms with Crippen molar-refractivity contribution in [2.45, 2.75) is 33.0 Å². The minimum atomic E-state index is -4.47. The first-order valence-electron chi connectivity index (χ1n) is 6.64. The Hall–Kier alpha value is -1.57. The summed E-state index contributed by atoms with van der Waals surface area (Å²) in [6.07, 6.45) is -3.78. The van der Waals surface area contributed by atoms with Gasteiger partial charge in [-0.1, -0.05) is 6.92 Å². The fourth-order valence-electron chi connectivity index (χ4n) is 1.78. The van der Waals surface area contributed by atoms with Crippen molar-refractivity contribution in [3.63, 3.8) is 0 Å². The zero-order chi connectivity index (χ0) is 16.0. The molecule has 0 aliphatic heterocycles. The van der Waals surface area contributed by atoms with Crippen molar-refractivity contribution >= 4 is 5.91 Å². The fourth-order valence-corrected chi connectivity index (χ4v) is 1.78. The van der Waals surface area contributed by atoms with Gasteiger partial charge in [0.05, 0.1) is 12.5 Å². The van der Waals surface area contributed by atoms with Gasteiger partial charge in [0.15, 0.2) is 5.69 Å². The van der Waals surface area contributed by atoms with Crippen molar-refractivity contribution in [3.05, 3.63) is 17.5 Å². The van der Waals surface area contributed by atoms with E-state index in [1.807, 2.05) is 0 Å². The molecule has 0 saturated heterocycles. The summed E-state index contributed by atoms with van der Waals surface area (Å²) in [5, 5.41) is 6.22. The summed E-state index contributed by atoms with van der Waals surface area (Å²) in [6, 6.07) is 0.975. The average molecular weight is 307 g/mol. The summed E-state index contributed by atoms with van der Waals surface area (Å²) in [7, 11) is 1.57. The highest BCUT2D eigenvalue weighted by Crippen LogP contribution is 2.28. The first-order valence-corrected chi connectivity index (χ1v) is 6.64. The minimum Gasteiger partial charge on any atom is -0.385 e. The molecule has 1 unspecified atom stereocenters. The van der Waals surface area contributed by atoms with Gasteiger partial charge in [0.25, 0.3) is 0 Å². The first-order chi connectivity index (χ1) is 9.75. The van der Waals surface area contributed by atoms with E-state index in [4.69, 9.17) is 4.74 Å². The molecule has 0 aromatic carbocycles. The highest BCUT2D eigenvalue weighted by Gasteiger charge is 2.34. The Morgan fingerprint density at radius 3 is 2.71 bits per heavy atom. The van der Waals surface area contributed by atoms with Crippen molar-refractivity contribution < 1.29 is 22.7 Å². The number of halogens is 3. The molecular weight excluding hydrogens is 287 g/mol. The third-order valence-electron chi connectivity index (χ3n) is 2.99. The molecule has 5 nitrogen and oxygen atoms in total. The largest absolute Gasteiger partial charge is 0.435 e. The molecule has 1 aromatic heterocycles. The first kappa shape index (κ1) is 17.5. The molecule has 0 bridgehead atoms. The van der Waals surface area contributed by atoms with Gasteiger partial charge in [0.2, 0.25) is 5.91 Å². The Kier molecular flexibility index (Phi) is 6.19. The Bertz CT molecular complexity index is 472. The Morgan fingerprint density at radius 1 is 1.52 bits per heavy atom. The number of rotatable bonds is 7. The number of alkyl halides is 3. The molecular formula is C13H20F3N3O2. The highest BCUT2D eigenvalue weighted by atomic mass is 19.4. The Morgan fingerprint density at radius 2 is 2.19 bits per heavy atom. The van der Waals surface area contributed by atoms with Crippen molar-refractivity contribution in [1.82, 2.24) is 15.1 Å². The fraction of sp³-hybridized carbons (Fsp3) is 0.692. The van der Waals surface area contributed by atoms with Crippen molar-refractivity contribution in [1.29, 1.82) is 0 Å². The zero-order valence-corrected chi connectivity index (χ0v) is 12.3. The van der Waals surface area contributed by atoms with Crippen LogP contribution in [0, 0.1) is 12.8 Å². The van der Waals surface area contributed by atoms with Gasteiger partial charge in [-0.05, 0) is 19.4 Å². The molecule has 1 N–H and O–H groups in total. The molecule has 1 atom stereocenters. The van der Waals surface area contributed by atoms with Gasteiger partial charge in [0.1, 0.15) is 0 Å². The second-order valence-electron chi connectivity index (χ2n) is 4.89. The van der Waals surface area contributed by atoms with Gasteiger partial charge >= 0.3 is 6.18 Å². The van der Waals surface area contributed by atoms with E-state index in [0.717, 1.165) is 6.07 Å². The summed E-state index contributed by atoms with van der Waals surface area (Å²) < 4.78 is 43.7. The SMILES string of the molecule is COCCCNC(=O)C(C)Cn1nc(C(F)(F)F)cc1C. The molecule has 1 amide bonds. The van der Waals surface area contributed by atoms with E-state index in [1.54, 1.807) is 14.0 Å². The lowest BCUT2D eigenvalue weighted by molar-refractivity contribution is -0.141. The number of nitrogens with one attached hydrogen (secondary N) is 1. The molecule has 8 heteroatoms. The van der Waals surface area contributed by atoms with Crippen LogP contribution in [-0.2, 0) is 22.3 Å². The number of hydrogen-bond donors (Lipinski definition) is 1. The van der Waals surface area contributed by atoms with Gasteiger partial charge in [-0.3, -0.25) is 9.48 Å². The molecule has 21 heavy (non-hydrogen) atoms. The van der Waals surface area contributed by atoms with Gasteiger partial charge < -0.3 is 10.1 Å². The summed E-state index contributed by atoms with van der Waals surface area (Å²) in [5.41, 5.74) is -0.561. The molecule has 0 fully saturated rings. The number of hydrogen-bond acceptors (Lipinski definition) is 3. The Labute approximate surface area is 121 Å². The topological polar surface area (TPSA) is 56.1 Å². The van der Waals surface area contributed by atoms with Crippen molar-refractivity contribution in [2.75, 3.05) is 20.3 Å². The van der Waals surface area contributed by atoms with Crippen LogP contribution < -0.4 is 5.32 Å². The van der Waals surface area contributed by atoms with Crippen LogP contribution in [0.5, 0.6) is 0 Å². The lowest BCUT2D eigenvalue weighted by atomic mass is 10.1. The third kappa shape index (κ3) is 5.37. The van der Waals surface area contributed by atoms with Gasteiger partial charge in [-0.2, -0.15) is 18.3 Å².